The Morgan fingerprint density at radius 1 is 1.43 bits per heavy atom. The topological polar surface area (TPSA) is 59.8 Å². The van der Waals surface area contributed by atoms with E-state index in [1.165, 1.54) is 0 Å². The van der Waals surface area contributed by atoms with Crippen LogP contribution in [-0.2, 0) is 18.3 Å². The highest BCUT2D eigenvalue weighted by Gasteiger charge is 2.05. The SMILES string of the molecule is C/C(=C\C(=O)NCCc1nncn1C)c1ccccc1Cl. The summed E-state index contributed by atoms with van der Waals surface area (Å²) in [5.74, 6) is 0.691. The van der Waals surface area contributed by atoms with Crippen molar-refractivity contribution in [2.24, 2.45) is 7.05 Å². The van der Waals surface area contributed by atoms with E-state index >= 15 is 0 Å². The lowest BCUT2D eigenvalue weighted by Crippen LogP contribution is -2.24. The third-order valence-corrected chi connectivity index (χ3v) is 3.43. The molecule has 5 nitrogen and oxygen atoms in total. The predicted octanol–water partition coefficient (Wildman–Crippen LogP) is 2.23. The van der Waals surface area contributed by atoms with E-state index in [0.29, 0.717) is 18.0 Å². The molecule has 1 amide bonds. The minimum Gasteiger partial charge on any atom is -0.352 e. The maximum absolute atomic E-state index is 11.9. The molecule has 0 saturated heterocycles. The van der Waals surface area contributed by atoms with E-state index < -0.39 is 0 Å². The lowest BCUT2D eigenvalue weighted by Gasteiger charge is -2.05. The monoisotopic (exact) mass is 304 g/mol. The molecule has 2 rings (SSSR count). The average Bonchev–Trinajstić information content (AvgIpc) is 2.85. The van der Waals surface area contributed by atoms with Gasteiger partial charge in [-0.15, -0.1) is 10.2 Å². The summed E-state index contributed by atoms with van der Waals surface area (Å²) in [6, 6.07) is 7.45. The molecule has 0 aliphatic rings. The van der Waals surface area contributed by atoms with Gasteiger partial charge in [-0.25, -0.2) is 0 Å². The highest BCUT2D eigenvalue weighted by molar-refractivity contribution is 6.32. The molecule has 1 N–H and O–H groups in total. The minimum atomic E-state index is -0.144. The first-order chi connectivity index (χ1) is 10.1. The first kappa shape index (κ1) is 15.3. The largest absolute Gasteiger partial charge is 0.352 e. The van der Waals surface area contributed by atoms with Crippen LogP contribution in [0.2, 0.25) is 5.02 Å². The van der Waals surface area contributed by atoms with E-state index in [4.69, 9.17) is 11.6 Å². The van der Waals surface area contributed by atoms with Crippen LogP contribution in [0.5, 0.6) is 0 Å². The van der Waals surface area contributed by atoms with Crippen molar-refractivity contribution in [3.8, 4) is 0 Å². The molecule has 0 aliphatic heterocycles. The Labute approximate surface area is 128 Å². The van der Waals surface area contributed by atoms with E-state index in [1.807, 2.05) is 36.7 Å². The van der Waals surface area contributed by atoms with Gasteiger partial charge in [0.05, 0.1) is 0 Å². The number of amides is 1. The fourth-order valence-electron chi connectivity index (χ4n) is 1.94. The van der Waals surface area contributed by atoms with Crippen LogP contribution < -0.4 is 5.32 Å². The first-order valence-electron chi connectivity index (χ1n) is 6.62. The van der Waals surface area contributed by atoms with Crippen LogP contribution in [0.4, 0.5) is 0 Å². The zero-order valence-electron chi connectivity index (χ0n) is 12.0. The molecule has 1 aromatic carbocycles. The Kier molecular flexibility index (Phi) is 5.11. The van der Waals surface area contributed by atoms with Crippen molar-refractivity contribution in [3.63, 3.8) is 0 Å². The van der Waals surface area contributed by atoms with Gasteiger partial charge in [-0.2, -0.15) is 0 Å². The lowest BCUT2D eigenvalue weighted by atomic mass is 10.1. The average molecular weight is 305 g/mol. The van der Waals surface area contributed by atoms with Gasteiger partial charge in [0, 0.05) is 31.1 Å². The third kappa shape index (κ3) is 4.16. The van der Waals surface area contributed by atoms with Crippen LogP contribution in [0.15, 0.2) is 36.7 Å². The summed E-state index contributed by atoms with van der Waals surface area (Å²) >= 11 is 6.10. The molecule has 0 fully saturated rings. The number of carbonyl (C=O) groups excluding carboxylic acids is 1. The number of aryl methyl sites for hydroxylation is 1. The van der Waals surface area contributed by atoms with Gasteiger partial charge in [-0.05, 0) is 24.1 Å². The minimum absolute atomic E-state index is 0.144. The summed E-state index contributed by atoms with van der Waals surface area (Å²) in [5.41, 5.74) is 1.69. The number of nitrogens with zero attached hydrogens (tertiary/aromatic N) is 3. The summed E-state index contributed by atoms with van der Waals surface area (Å²) in [7, 11) is 1.87. The molecular weight excluding hydrogens is 288 g/mol. The molecule has 0 unspecified atom stereocenters. The second kappa shape index (κ2) is 7.04. The van der Waals surface area contributed by atoms with Gasteiger partial charge in [-0.3, -0.25) is 4.79 Å². The van der Waals surface area contributed by atoms with Gasteiger partial charge < -0.3 is 9.88 Å². The molecule has 2 aromatic rings. The first-order valence-corrected chi connectivity index (χ1v) is 6.99. The number of hydrogen-bond acceptors (Lipinski definition) is 3. The molecule has 0 atom stereocenters. The Bertz CT molecular complexity index is 663. The number of benzene rings is 1. The second-order valence-corrected chi connectivity index (χ2v) is 5.11. The molecule has 6 heteroatoms. The van der Waals surface area contributed by atoms with Crippen molar-refractivity contribution in [2.45, 2.75) is 13.3 Å². The zero-order chi connectivity index (χ0) is 15.2. The van der Waals surface area contributed by atoms with E-state index in [9.17, 15) is 4.79 Å². The predicted molar refractivity (Wildman–Crippen MR) is 82.8 cm³/mol. The number of hydrogen-bond donors (Lipinski definition) is 1. The van der Waals surface area contributed by atoms with Crippen LogP contribution in [0.1, 0.15) is 18.3 Å². The van der Waals surface area contributed by atoms with Gasteiger partial charge in [0.1, 0.15) is 12.2 Å². The Morgan fingerprint density at radius 2 is 2.19 bits per heavy atom. The van der Waals surface area contributed by atoms with Crippen molar-refractivity contribution in [1.82, 2.24) is 20.1 Å². The number of aromatic nitrogens is 3. The fraction of sp³-hybridized carbons (Fsp3) is 0.267. The standard InChI is InChI=1S/C15H17ClN4O/c1-11(12-5-3-4-6-13(12)16)9-15(21)17-8-7-14-19-18-10-20(14)2/h3-6,9-10H,7-8H2,1-2H3,(H,17,21)/b11-9+. The summed E-state index contributed by atoms with van der Waals surface area (Å²) in [6.07, 6.45) is 3.83. The molecule has 0 bridgehead atoms. The number of carbonyl (C=O) groups is 1. The molecule has 0 saturated carbocycles. The highest BCUT2D eigenvalue weighted by atomic mass is 35.5. The van der Waals surface area contributed by atoms with Crippen molar-refractivity contribution >= 4 is 23.1 Å². The molecule has 0 spiro atoms. The molecule has 1 aromatic heterocycles. The maximum atomic E-state index is 11.9. The van der Waals surface area contributed by atoms with Gasteiger partial charge in [0.2, 0.25) is 5.91 Å². The molecule has 110 valence electrons. The Balaban J connectivity index is 1.90. The molecule has 21 heavy (non-hydrogen) atoms. The second-order valence-electron chi connectivity index (χ2n) is 4.71. The van der Waals surface area contributed by atoms with E-state index in [-0.39, 0.29) is 5.91 Å². The van der Waals surface area contributed by atoms with E-state index in [1.54, 1.807) is 18.5 Å². The maximum Gasteiger partial charge on any atom is 0.244 e. The summed E-state index contributed by atoms with van der Waals surface area (Å²) in [4.78, 5) is 11.9. The van der Waals surface area contributed by atoms with Gasteiger partial charge >= 0.3 is 0 Å². The van der Waals surface area contributed by atoms with Gasteiger partial charge in [0.15, 0.2) is 0 Å². The van der Waals surface area contributed by atoms with Crippen LogP contribution in [0.25, 0.3) is 5.57 Å². The molecular formula is C15H17ClN4O. The highest BCUT2D eigenvalue weighted by Crippen LogP contribution is 2.22. The normalized spacial score (nSPS) is 11.5. The van der Waals surface area contributed by atoms with Crippen LogP contribution in [-0.4, -0.2) is 27.2 Å². The molecule has 0 radical (unpaired) electrons. The van der Waals surface area contributed by atoms with E-state index in [2.05, 4.69) is 15.5 Å². The number of rotatable bonds is 5. The van der Waals surface area contributed by atoms with Crippen LogP contribution in [0.3, 0.4) is 0 Å². The van der Waals surface area contributed by atoms with E-state index in [0.717, 1.165) is 17.0 Å². The zero-order valence-corrected chi connectivity index (χ0v) is 12.8. The van der Waals surface area contributed by atoms with Crippen molar-refractivity contribution in [3.05, 3.63) is 53.1 Å². The Hall–Kier alpha value is -2.14. The number of allylic oxidation sites excluding steroid dienone is 1. The van der Waals surface area contributed by atoms with Crippen LogP contribution in [0, 0.1) is 0 Å². The van der Waals surface area contributed by atoms with Crippen molar-refractivity contribution in [1.29, 1.82) is 0 Å². The third-order valence-electron chi connectivity index (χ3n) is 3.10. The van der Waals surface area contributed by atoms with Gasteiger partial charge in [-0.1, -0.05) is 29.8 Å². The van der Waals surface area contributed by atoms with Crippen LogP contribution >= 0.6 is 11.6 Å². The Morgan fingerprint density at radius 3 is 2.86 bits per heavy atom. The number of halogens is 1. The molecule has 1 heterocycles. The lowest BCUT2D eigenvalue weighted by molar-refractivity contribution is -0.116. The quantitative estimate of drug-likeness (QED) is 0.862. The molecule has 0 aliphatic carbocycles. The van der Waals surface area contributed by atoms with Crippen molar-refractivity contribution < 1.29 is 4.79 Å². The summed E-state index contributed by atoms with van der Waals surface area (Å²) < 4.78 is 1.83. The summed E-state index contributed by atoms with van der Waals surface area (Å²) in [5, 5.41) is 11.2. The fourth-order valence-corrected chi connectivity index (χ4v) is 2.22. The summed E-state index contributed by atoms with van der Waals surface area (Å²) in [6.45, 7) is 2.38. The van der Waals surface area contributed by atoms with Gasteiger partial charge in [0.25, 0.3) is 0 Å². The number of nitrogens with one attached hydrogen (secondary N) is 1. The smallest absolute Gasteiger partial charge is 0.244 e. The van der Waals surface area contributed by atoms with Crippen molar-refractivity contribution in [2.75, 3.05) is 6.54 Å².